The molecule has 122 valence electrons. The zero-order valence-corrected chi connectivity index (χ0v) is 14.6. The number of carbonyl (C=O) groups is 1. The lowest BCUT2D eigenvalue weighted by atomic mass is 10.1. The highest BCUT2D eigenvalue weighted by Crippen LogP contribution is 2.24. The number of rotatable bonds is 5. The summed E-state index contributed by atoms with van der Waals surface area (Å²) < 4.78 is 5.87. The summed E-state index contributed by atoms with van der Waals surface area (Å²) in [7, 11) is 0. The van der Waals surface area contributed by atoms with Crippen molar-refractivity contribution in [3.8, 4) is 5.75 Å². The molecule has 0 fully saturated rings. The summed E-state index contributed by atoms with van der Waals surface area (Å²) in [6, 6.07) is 12.2. The molecule has 3 heteroatoms. The summed E-state index contributed by atoms with van der Waals surface area (Å²) in [5.74, 6) is 0.672. The first kappa shape index (κ1) is 17.1. The third kappa shape index (κ3) is 4.59. The molecule has 2 aromatic rings. The average Bonchev–Trinajstić information content (AvgIpc) is 2.49. The number of amides is 1. The van der Waals surface area contributed by atoms with Gasteiger partial charge in [0.05, 0.1) is 0 Å². The van der Waals surface area contributed by atoms with Gasteiger partial charge in [-0.1, -0.05) is 35.9 Å². The molecule has 1 amide bonds. The number of hydrogen-bond donors (Lipinski definition) is 1. The minimum Gasteiger partial charge on any atom is -0.481 e. The van der Waals surface area contributed by atoms with Crippen molar-refractivity contribution in [2.45, 2.75) is 47.3 Å². The van der Waals surface area contributed by atoms with Crippen LogP contribution in [0.15, 0.2) is 36.4 Å². The van der Waals surface area contributed by atoms with Gasteiger partial charge in [0.2, 0.25) is 0 Å². The van der Waals surface area contributed by atoms with E-state index in [1.54, 1.807) is 6.92 Å². The summed E-state index contributed by atoms with van der Waals surface area (Å²) >= 11 is 0. The van der Waals surface area contributed by atoms with Crippen LogP contribution in [0.1, 0.15) is 34.7 Å². The SMILES string of the molecule is Cc1cccc(CNC(=O)[C@H](C)Oc2cc(C)cc(C)c2C)c1. The molecule has 0 bridgehead atoms. The van der Waals surface area contributed by atoms with Crippen molar-refractivity contribution in [1.82, 2.24) is 5.32 Å². The van der Waals surface area contributed by atoms with E-state index in [9.17, 15) is 4.79 Å². The highest BCUT2D eigenvalue weighted by atomic mass is 16.5. The molecule has 2 rings (SSSR count). The van der Waals surface area contributed by atoms with Crippen LogP contribution in [0, 0.1) is 27.7 Å². The molecule has 0 aliphatic heterocycles. The lowest BCUT2D eigenvalue weighted by Crippen LogP contribution is -2.36. The van der Waals surface area contributed by atoms with Crippen LogP contribution in [0.4, 0.5) is 0 Å². The van der Waals surface area contributed by atoms with Gasteiger partial charge in [0.25, 0.3) is 5.91 Å². The average molecular weight is 311 g/mol. The first-order chi connectivity index (χ1) is 10.9. The largest absolute Gasteiger partial charge is 0.481 e. The predicted octanol–water partition coefficient (Wildman–Crippen LogP) is 4.00. The summed E-state index contributed by atoms with van der Waals surface area (Å²) in [5.41, 5.74) is 5.66. The summed E-state index contributed by atoms with van der Waals surface area (Å²) in [6.07, 6.45) is -0.528. The molecule has 3 nitrogen and oxygen atoms in total. The van der Waals surface area contributed by atoms with Crippen LogP contribution in [0.3, 0.4) is 0 Å². The first-order valence-corrected chi connectivity index (χ1v) is 7.94. The monoisotopic (exact) mass is 311 g/mol. The molecule has 0 aliphatic carbocycles. The maximum Gasteiger partial charge on any atom is 0.261 e. The van der Waals surface area contributed by atoms with Gasteiger partial charge in [-0.05, 0) is 62.9 Å². The standard InChI is InChI=1S/C20H25NO2/c1-13-7-6-8-18(10-13)12-21-20(22)17(5)23-19-11-14(2)9-15(3)16(19)4/h6-11,17H,12H2,1-5H3,(H,21,22)/t17-/m0/s1. The van der Waals surface area contributed by atoms with Crippen LogP contribution in [0.5, 0.6) is 5.75 Å². The third-order valence-electron chi connectivity index (χ3n) is 3.99. The van der Waals surface area contributed by atoms with Gasteiger partial charge in [-0.2, -0.15) is 0 Å². The van der Waals surface area contributed by atoms with Crippen LogP contribution in [0.25, 0.3) is 0 Å². The summed E-state index contributed by atoms with van der Waals surface area (Å²) in [6.45, 7) is 10.4. The van der Waals surface area contributed by atoms with E-state index in [0.29, 0.717) is 6.54 Å². The Balaban J connectivity index is 1.98. The molecular formula is C20H25NO2. The minimum atomic E-state index is -0.528. The number of carbonyl (C=O) groups excluding carboxylic acids is 1. The highest BCUT2D eigenvalue weighted by Gasteiger charge is 2.16. The minimum absolute atomic E-state index is 0.106. The molecule has 0 spiro atoms. The molecule has 0 aromatic heterocycles. The van der Waals surface area contributed by atoms with Gasteiger partial charge >= 0.3 is 0 Å². The molecule has 2 aromatic carbocycles. The number of hydrogen-bond acceptors (Lipinski definition) is 2. The fraction of sp³-hybridized carbons (Fsp3) is 0.350. The van der Waals surface area contributed by atoms with Crippen molar-refractivity contribution < 1.29 is 9.53 Å². The van der Waals surface area contributed by atoms with Gasteiger partial charge in [0, 0.05) is 6.54 Å². The smallest absolute Gasteiger partial charge is 0.261 e. The molecule has 23 heavy (non-hydrogen) atoms. The molecule has 1 N–H and O–H groups in total. The van der Waals surface area contributed by atoms with Crippen LogP contribution >= 0.6 is 0 Å². The Hall–Kier alpha value is -2.29. The number of aryl methyl sites for hydroxylation is 3. The molecule has 0 saturated heterocycles. The van der Waals surface area contributed by atoms with E-state index in [1.165, 1.54) is 11.1 Å². The van der Waals surface area contributed by atoms with Crippen molar-refractivity contribution >= 4 is 5.91 Å². The number of ether oxygens (including phenoxy) is 1. The van der Waals surface area contributed by atoms with Crippen molar-refractivity contribution in [3.05, 3.63) is 64.2 Å². The first-order valence-electron chi connectivity index (χ1n) is 7.94. The normalized spacial score (nSPS) is 11.9. The van der Waals surface area contributed by atoms with Crippen LogP contribution in [0.2, 0.25) is 0 Å². The van der Waals surface area contributed by atoms with E-state index in [4.69, 9.17) is 4.74 Å². The maximum atomic E-state index is 12.3. The van der Waals surface area contributed by atoms with E-state index in [2.05, 4.69) is 24.4 Å². The van der Waals surface area contributed by atoms with Gasteiger partial charge in [-0.25, -0.2) is 0 Å². The fourth-order valence-corrected chi connectivity index (χ4v) is 2.52. The Morgan fingerprint density at radius 2 is 1.83 bits per heavy atom. The molecule has 0 saturated carbocycles. The summed E-state index contributed by atoms with van der Waals surface area (Å²) in [4.78, 5) is 12.3. The molecule has 0 unspecified atom stereocenters. The lowest BCUT2D eigenvalue weighted by Gasteiger charge is -2.18. The van der Waals surface area contributed by atoms with Gasteiger partial charge in [-0.3, -0.25) is 4.79 Å². The van der Waals surface area contributed by atoms with Crippen LogP contribution in [-0.4, -0.2) is 12.0 Å². The second-order valence-corrected chi connectivity index (χ2v) is 6.17. The second-order valence-electron chi connectivity index (χ2n) is 6.17. The molecular weight excluding hydrogens is 286 g/mol. The van der Waals surface area contributed by atoms with Gasteiger partial charge in [-0.15, -0.1) is 0 Å². The van der Waals surface area contributed by atoms with E-state index < -0.39 is 6.10 Å². The number of benzene rings is 2. The lowest BCUT2D eigenvalue weighted by molar-refractivity contribution is -0.127. The van der Waals surface area contributed by atoms with Gasteiger partial charge < -0.3 is 10.1 Å². The second kappa shape index (κ2) is 7.32. The Kier molecular flexibility index (Phi) is 5.43. The van der Waals surface area contributed by atoms with E-state index in [0.717, 1.165) is 22.4 Å². The van der Waals surface area contributed by atoms with Crippen LogP contribution in [-0.2, 0) is 11.3 Å². The predicted molar refractivity (Wildman–Crippen MR) is 93.8 cm³/mol. The molecule has 0 aliphatic rings. The van der Waals surface area contributed by atoms with Crippen molar-refractivity contribution in [3.63, 3.8) is 0 Å². The quantitative estimate of drug-likeness (QED) is 0.906. The third-order valence-corrected chi connectivity index (χ3v) is 3.99. The topological polar surface area (TPSA) is 38.3 Å². The van der Waals surface area contributed by atoms with E-state index >= 15 is 0 Å². The molecule has 1 atom stereocenters. The Morgan fingerprint density at radius 1 is 1.09 bits per heavy atom. The van der Waals surface area contributed by atoms with Crippen LogP contribution < -0.4 is 10.1 Å². The van der Waals surface area contributed by atoms with Crippen molar-refractivity contribution in [1.29, 1.82) is 0 Å². The molecule has 0 radical (unpaired) electrons. The number of nitrogens with one attached hydrogen (secondary N) is 1. The summed E-state index contributed by atoms with van der Waals surface area (Å²) in [5, 5.41) is 2.93. The van der Waals surface area contributed by atoms with E-state index in [1.807, 2.05) is 45.0 Å². The molecule has 0 heterocycles. The maximum absolute atomic E-state index is 12.3. The zero-order chi connectivity index (χ0) is 17.0. The Labute approximate surface area is 138 Å². The zero-order valence-electron chi connectivity index (χ0n) is 14.6. The van der Waals surface area contributed by atoms with Crippen molar-refractivity contribution in [2.75, 3.05) is 0 Å². The highest BCUT2D eigenvalue weighted by molar-refractivity contribution is 5.80. The van der Waals surface area contributed by atoms with Gasteiger partial charge in [0.1, 0.15) is 5.75 Å². The Morgan fingerprint density at radius 3 is 2.52 bits per heavy atom. The van der Waals surface area contributed by atoms with Crippen molar-refractivity contribution in [2.24, 2.45) is 0 Å². The van der Waals surface area contributed by atoms with Gasteiger partial charge in [0.15, 0.2) is 6.10 Å². The Bertz CT molecular complexity index is 707. The van der Waals surface area contributed by atoms with E-state index in [-0.39, 0.29) is 5.91 Å². The fourth-order valence-electron chi connectivity index (χ4n) is 2.52.